The molecule has 1 aromatic rings. The number of carbonyl (C=O) groups excluding carboxylic acids is 2. The summed E-state index contributed by atoms with van der Waals surface area (Å²) in [5.74, 6) is -0.122. The molecule has 0 saturated carbocycles. The zero-order chi connectivity index (χ0) is 20.0. The average Bonchev–Trinajstić information content (AvgIpc) is 2.68. The van der Waals surface area contributed by atoms with Crippen LogP contribution in [0.3, 0.4) is 0 Å². The van der Waals surface area contributed by atoms with Crippen LogP contribution in [0.25, 0.3) is 0 Å². The molecule has 0 radical (unpaired) electrons. The highest BCUT2D eigenvalue weighted by atomic mass is 32.2. The van der Waals surface area contributed by atoms with Crippen LogP contribution in [0, 0.1) is 0 Å². The molecule has 150 valence electrons. The van der Waals surface area contributed by atoms with Crippen molar-refractivity contribution in [3.8, 4) is 0 Å². The predicted octanol–water partition coefficient (Wildman–Crippen LogP) is 1.80. The zero-order valence-electron chi connectivity index (χ0n) is 16.3. The molecule has 1 aliphatic heterocycles. The first kappa shape index (κ1) is 21.4. The fraction of sp³-hybridized carbons (Fsp3) is 0.579. The third kappa shape index (κ3) is 5.07. The van der Waals surface area contributed by atoms with Gasteiger partial charge in [0.15, 0.2) is 0 Å². The number of rotatable bonds is 7. The molecule has 0 aliphatic carbocycles. The van der Waals surface area contributed by atoms with Crippen molar-refractivity contribution in [1.82, 2.24) is 14.1 Å². The average molecular weight is 396 g/mol. The Bertz CT molecular complexity index is 754. The van der Waals surface area contributed by atoms with Crippen molar-refractivity contribution in [2.45, 2.75) is 38.5 Å². The fourth-order valence-electron chi connectivity index (χ4n) is 3.10. The number of amides is 2. The molecular weight excluding hydrogens is 366 g/mol. The number of sulfonamides is 1. The van der Waals surface area contributed by atoms with Crippen LogP contribution in [0.4, 0.5) is 0 Å². The zero-order valence-corrected chi connectivity index (χ0v) is 17.2. The number of benzene rings is 1. The molecule has 0 atom stereocenters. The van der Waals surface area contributed by atoms with Crippen molar-refractivity contribution >= 4 is 21.8 Å². The smallest absolute Gasteiger partial charge is 0.253 e. The lowest BCUT2D eigenvalue weighted by atomic mass is 10.2. The highest BCUT2D eigenvalue weighted by molar-refractivity contribution is 7.89. The minimum absolute atomic E-state index is 0.0431. The molecule has 8 heteroatoms. The maximum Gasteiger partial charge on any atom is 0.253 e. The van der Waals surface area contributed by atoms with Gasteiger partial charge in [-0.15, -0.1) is 0 Å². The number of unbranched alkanes of at least 4 members (excludes halogenated alkanes) is 1. The van der Waals surface area contributed by atoms with Gasteiger partial charge in [0, 0.05) is 51.8 Å². The van der Waals surface area contributed by atoms with Crippen molar-refractivity contribution in [2.75, 3.05) is 39.3 Å². The second kappa shape index (κ2) is 9.32. The SMILES string of the molecule is CCCCN(CC)C(=O)c1ccc(S(=O)(=O)N2CCN(C(C)=O)CC2)cc1. The Morgan fingerprint density at radius 3 is 2.11 bits per heavy atom. The largest absolute Gasteiger partial charge is 0.340 e. The molecule has 0 unspecified atom stereocenters. The third-order valence-electron chi connectivity index (χ3n) is 4.87. The third-order valence-corrected chi connectivity index (χ3v) is 6.79. The monoisotopic (exact) mass is 395 g/mol. The molecule has 1 fully saturated rings. The first-order chi connectivity index (χ1) is 12.8. The van der Waals surface area contributed by atoms with E-state index in [0.717, 1.165) is 12.8 Å². The Morgan fingerprint density at radius 1 is 1.04 bits per heavy atom. The minimum Gasteiger partial charge on any atom is -0.340 e. The molecule has 27 heavy (non-hydrogen) atoms. The van der Waals surface area contributed by atoms with Gasteiger partial charge < -0.3 is 9.80 Å². The van der Waals surface area contributed by atoms with Crippen molar-refractivity contribution in [2.24, 2.45) is 0 Å². The lowest BCUT2D eigenvalue weighted by Gasteiger charge is -2.33. The van der Waals surface area contributed by atoms with Crippen LogP contribution in [0.5, 0.6) is 0 Å². The first-order valence-electron chi connectivity index (χ1n) is 9.46. The molecule has 1 aliphatic rings. The summed E-state index contributed by atoms with van der Waals surface area (Å²) in [4.78, 5) is 27.6. The van der Waals surface area contributed by atoms with E-state index in [1.165, 1.54) is 23.4 Å². The molecule has 1 saturated heterocycles. The summed E-state index contributed by atoms with van der Waals surface area (Å²) < 4.78 is 27.0. The quantitative estimate of drug-likeness (QED) is 0.705. The van der Waals surface area contributed by atoms with E-state index in [-0.39, 0.29) is 29.8 Å². The van der Waals surface area contributed by atoms with Crippen LogP contribution >= 0.6 is 0 Å². The summed E-state index contributed by atoms with van der Waals surface area (Å²) in [6, 6.07) is 6.15. The maximum atomic E-state index is 12.8. The summed E-state index contributed by atoms with van der Waals surface area (Å²) in [5.41, 5.74) is 0.494. The topological polar surface area (TPSA) is 78.0 Å². The molecule has 1 aromatic carbocycles. The Morgan fingerprint density at radius 2 is 1.63 bits per heavy atom. The van der Waals surface area contributed by atoms with E-state index >= 15 is 0 Å². The van der Waals surface area contributed by atoms with Crippen LogP contribution in [0.2, 0.25) is 0 Å². The van der Waals surface area contributed by atoms with E-state index in [1.54, 1.807) is 21.9 Å². The van der Waals surface area contributed by atoms with Crippen molar-refractivity contribution in [1.29, 1.82) is 0 Å². The van der Waals surface area contributed by atoms with Crippen LogP contribution in [-0.2, 0) is 14.8 Å². The van der Waals surface area contributed by atoms with Gasteiger partial charge in [0.2, 0.25) is 15.9 Å². The van der Waals surface area contributed by atoms with Gasteiger partial charge in [-0.25, -0.2) is 8.42 Å². The van der Waals surface area contributed by atoms with Crippen LogP contribution in [0.15, 0.2) is 29.2 Å². The van der Waals surface area contributed by atoms with Gasteiger partial charge in [0.25, 0.3) is 5.91 Å². The number of carbonyl (C=O) groups is 2. The second-order valence-electron chi connectivity index (χ2n) is 6.67. The molecule has 1 heterocycles. The summed E-state index contributed by atoms with van der Waals surface area (Å²) in [6.45, 7) is 8.18. The van der Waals surface area contributed by atoms with Crippen LogP contribution < -0.4 is 0 Å². The van der Waals surface area contributed by atoms with Crippen molar-refractivity contribution in [3.63, 3.8) is 0 Å². The van der Waals surface area contributed by atoms with Gasteiger partial charge in [0.1, 0.15) is 0 Å². The highest BCUT2D eigenvalue weighted by Gasteiger charge is 2.29. The standard InChI is InChI=1S/C19H29N3O4S/c1-4-6-11-20(5-2)19(24)17-7-9-18(10-8-17)27(25,26)22-14-12-21(13-15-22)16(3)23/h7-10H,4-6,11-15H2,1-3H3. The fourth-order valence-corrected chi connectivity index (χ4v) is 4.52. The minimum atomic E-state index is -3.62. The predicted molar refractivity (Wildman–Crippen MR) is 104 cm³/mol. The molecule has 2 amide bonds. The number of piperazine rings is 1. The number of hydrogen-bond donors (Lipinski definition) is 0. The van der Waals surface area contributed by atoms with Crippen molar-refractivity contribution in [3.05, 3.63) is 29.8 Å². The summed E-state index contributed by atoms with van der Waals surface area (Å²) in [5, 5.41) is 0. The van der Waals surface area contributed by atoms with E-state index < -0.39 is 10.0 Å². The van der Waals surface area contributed by atoms with E-state index in [0.29, 0.717) is 31.7 Å². The molecule has 0 bridgehead atoms. The van der Waals surface area contributed by atoms with Gasteiger partial charge in [0.05, 0.1) is 4.90 Å². The van der Waals surface area contributed by atoms with Gasteiger partial charge in [-0.2, -0.15) is 4.31 Å². The second-order valence-corrected chi connectivity index (χ2v) is 8.61. The van der Waals surface area contributed by atoms with Gasteiger partial charge >= 0.3 is 0 Å². The number of hydrogen-bond acceptors (Lipinski definition) is 4. The first-order valence-corrected chi connectivity index (χ1v) is 10.9. The molecule has 0 spiro atoms. The summed E-state index contributed by atoms with van der Waals surface area (Å²) >= 11 is 0. The lowest BCUT2D eigenvalue weighted by molar-refractivity contribution is -0.129. The Hall–Kier alpha value is -1.93. The Balaban J connectivity index is 2.09. The van der Waals surface area contributed by atoms with E-state index in [9.17, 15) is 18.0 Å². The van der Waals surface area contributed by atoms with Gasteiger partial charge in [-0.05, 0) is 37.6 Å². The van der Waals surface area contributed by atoms with E-state index in [1.807, 2.05) is 6.92 Å². The molecule has 0 N–H and O–H groups in total. The Kier molecular flexibility index (Phi) is 7.38. The highest BCUT2D eigenvalue weighted by Crippen LogP contribution is 2.19. The Labute approximate surface area is 162 Å². The summed E-state index contributed by atoms with van der Waals surface area (Å²) in [7, 11) is -3.62. The maximum absolute atomic E-state index is 12.8. The van der Waals surface area contributed by atoms with Gasteiger partial charge in [-0.1, -0.05) is 13.3 Å². The normalized spacial score (nSPS) is 15.6. The van der Waals surface area contributed by atoms with Crippen LogP contribution in [0.1, 0.15) is 44.0 Å². The number of nitrogens with zero attached hydrogens (tertiary/aromatic N) is 3. The summed E-state index contributed by atoms with van der Waals surface area (Å²) in [6.07, 6.45) is 1.95. The molecule has 7 nitrogen and oxygen atoms in total. The van der Waals surface area contributed by atoms with E-state index in [4.69, 9.17) is 0 Å². The molecule has 2 rings (SSSR count). The van der Waals surface area contributed by atoms with Gasteiger partial charge in [-0.3, -0.25) is 9.59 Å². The van der Waals surface area contributed by atoms with E-state index in [2.05, 4.69) is 6.92 Å². The molecule has 0 aromatic heterocycles. The lowest BCUT2D eigenvalue weighted by Crippen LogP contribution is -2.49. The van der Waals surface area contributed by atoms with Crippen LogP contribution in [-0.4, -0.2) is 73.6 Å². The van der Waals surface area contributed by atoms with Crippen molar-refractivity contribution < 1.29 is 18.0 Å². The molecular formula is C19H29N3O4S.